The van der Waals surface area contributed by atoms with Crippen LogP contribution in [0.5, 0.6) is 0 Å². The van der Waals surface area contributed by atoms with Crippen molar-refractivity contribution >= 4 is 35.3 Å². The largest absolute Gasteiger partial charge is 0.351 e. The molecule has 2 rings (SSSR count). The Hall–Kier alpha value is -2.06. The summed E-state index contributed by atoms with van der Waals surface area (Å²) in [5.41, 5.74) is 2.16. The number of pyridine rings is 2. The number of thioether (sulfide) groups is 2. The van der Waals surface area contributed by atoms with Crippen molar-refractivity contribution in [3.05, 3.63) is 47.8 Å². The lowest BCUT2D eigenvalue weighted by molar-refractivity contribution is 0.0947. The number of carbonyl (C=O) groups excluding carboxylic acids is 2. The molecule has 0 radical (unpaired) electrons. The fraction of sp³-hybridized carbons (Fsp3) is 0.333. The number of carbonyl (C=O) groups is 2. The highest BCUT2D eigenvalue weighted by Crippen LogP contribution is 2.17. The second-order valence-corrected chi connectivity index (χ2v) is 7.33. The molecule has 0 bridgehead atoms. The van der Waals surface area contributed by atoms with E-state index in [-0.39, 0.29) is 11.8 Å². The molecule has 138 valence electrons. The standard InChI is InChI=1S/C18H22N4O2S2/c1-25-9-7-21-17(23)13-3-5-19-15(11-13)16-12-14(4-6-20-16)18(24)22-8-10-26-2/h3-6,11-12H,7-10H2,1-2H3,(H,21,23)(H,22,24). The number of rotatable bonds is 9. The van der Waals surface area contributed by atoms with E-state index in [1.165, 1.54) is 0 Å². The Morgan fingerprint density at radius 3 is 1.65 bits per heavy atom. The van der Waals surface area contributed by atoms with E-state index in [4.69, 9.17) is 0 Å². The molecule has 2 amide bonds. The molecule has 0 aliphatic rings. The number of hydrogen-bond acceptors (Lipinski definition) is 6. The topological polar surface area (TPSA) is 84.0 Å². The van der Waals surface area contributed by atoms with Crippen LogP contribution >= 0.6 is 23.5 Å². The molecule has 2 heterocycles. The third-order valence-electron chi connectivity index (χ3n) is 3.49. The van der Waals surface area contributed by atoms with Crippen molar-refractivity contribution in [2.45, 2.75) is 0 Å². The van der Waals surface area contributed by atoms with Crippen LogP contribution in [0.25, 0.3) is 11.4 Å². The minimum absolute atomic E-state index is 0.145. The molecule has 0 saturated heterocycles. The smallest absolute Gasteiger partial charge is 0.251 e. The van der Waals surface area contributed by atoms with Crippen molar-refractivity contribution in [3.8, 4) is 11.4 Å². The Balaban J connectivity index is 2.13. The van der Waals surface area contributed by atoms with Crippen molar-refractivity contribution < 1.29 is 9.59 Å². The van der Waals surface area contributed by atoms with Crippen LogP contribution in [0.3, 0.4) is 0 Å². The van der Waals surface area contributed by atoms with Crippen LogP contribution in [0.1, 0.15) is 20.7 Å². The monoisotopic (exact) mass is 390 g/mol. The van der Waals surface area contributed by atoms with Crippen molar-refractivity contribution in [2.24, 2.45) is 0 Å². The SMILES string of the molecule is CSCCNC(=O)c1ccnc(-c2cc(C(=O)NCCSC)ccn2)c1. The van der Waals surface area contributed by atoms with Crippen LogP contribution < -0.4 is 10.6 Å². The van der Waals surface area contributed by atoms with Gasteiger partial charge in [-0.1, -0.05) is 0 Å². The summed E-state index contributed by atoms with van der Waals surface area (Å²) in [4.78, 5) is 32.9. The maximum Gasteiger partial charge on any atom is 0.251 e. The molecule has 0 saturated carbocycles. The van der Waals surface area contributed by atoms with Crippen LogP contribution in [0, 0.1) is 0 Å². The van der Waals surface area contributed by atoms with Gasteiger partial charge in [-0.05, 0) is 36.8 Å². The normalized spacial score (nSPS) is 10.4. The highest BCUT2D eigenvalue weighted by molar-refractivity contribution is 7.98. The summed E-state index contributed by atoms with van der Waals surface area (Å²) in [6.45, 7) is 1.23. The Morgan fingerprint density at radius 1 is 0.846 bits per heavy atom. The maximum absolute atomic E-state index is 12.2. The van der Waals surface area contributed by atoms with Gasteiger partial charge in [-0.25, -0.2) is 0 Å². The van der Waals surface area contributed by atoms with Crippen LogP contribution in [0.4, 0.5) is 0 Å². The minimum Gasteiger partial charge on any atom is -0.351 e. The summed E-state index contributed by atoms with van der Waals surface area (Å²) in [5, 5.41) is 5.73. The second kappa shape index (κ2) is 10.8. The van der Waals surface area contributed by atoms with E-state index in [1.54, 1.807) is 60.2 Å². The van der Waals surface area contributed by atoms with Gasteiger partial charge in [-0.15, -0.1) is 0 Å². The lowest BCUT2D eigenvalue weighted by atomic mass is 10.1. The van der Waals surface area contributed by atoms with Gasteiger partial charge in [0.1, 0.15) is 0 Å². The van der Waals surface area contributed by atoms with Gasteiger partial charge in [0.2, 0.25) is 0 Å². The molecule has 0 fully saturated rings. The van der Waals surface area contributed by atoms with E-state index in [9.17, 15) is 9.59 Å². The van der Waals surface area contributed by atoms with Crippen LogP contribution in [0.15, 0.2) is 36.7 Å². The molecule has 8 heteroatoms. The lowest BCUT2D eigenvalue weighted by Gasteiger charge is -2.07. The van der Waals surface area contributed by atoms with Gasteiger partial charge < -0.3 is 10.6 Å². The summed E-state index contributed by atoms with van der Waals surface area (Å²) in [5.74, 6) is 1.43. The Labute approximate surface area is 162 Å². The number of nitrogens with zero attached hydrogens (tertiary/aromatic N) is 2. The molecule has 0 aliphatic carbocycles. The zero-order chi connectivity index (χ0) is 18.8. The molecule has 2 N–H and O–H groups in total. The highest BCUT2D eigenvalue weighted by Gasteiger charge is 2.11. The molecule has 6 nitrogen and oxygen atoms in total. The van der Waals surface area contributed by atoms with Gasteiger partial charge in [-0.3, -0.25) is 19.6 Å². The summed E-state index contributed by atoms with van der Waals surface area (Å²) >= 11 is 3.35. The molecule has 2 aromatic heterocycles. The van der Waals surface area contributed by atoms with E-state index in [2.05, 4.69) is 20.6 Å². The minimum atomic E-state index is -0.145. The molecule has 0 atom stereocenters. The number of hydrogen-bond donors (Lipinski definition) is 2. The van der Waals surface area contributed by atoms with E-state index in [1.807, 2.05) is 12.5 Å². The van der Waals surface area contributed by atoms with Crippen LogP contribution in [-0.2, 0) is 0 Å². The summed E-state index contributed by atoms with van der Waals surface area (Å²) in [7, 11) is 0. The van der Waals surface area contributed by atoms with E-state index in [0.717, 1.165) is 11.5 Å². The third kappa shape index (κ3) is 6.03. The first-order valence-corrected chi connectivity index (χ1v) is 10.9. The molecular formula is C18H22N4O2S2. The van der Waals surface area contributed by atoms with E-state index < -0.39 is 0 Å². The quantitative estimate of drug-likeness (QED) is 0.640. The van der Waals surface area contributed by atoms with Crippen molar-refractivity contribution in [1.82, 2.24) is 20.6 Å². The van der Waals surface area contributed by atoms with Gasteiger partial charge in [0.25, 0.3) is 11.8 Å². The number of nitrogens with one attached hydrogen (secondary N) is 2. The van der Waals surface area contributed by atoms with E-state index >= 15 is 0 Å². The van der Waals surface area contributed by atoms with Crippen molar-refractivity contribution in [2.75, 3.05) is 37.1 Å². The van der Waals surface area contributed by atoms with Crippen LogP contribution in [0.2, 0.25) is 0 Å². The molecular weight excluding hydrogens is 368 g/mol. The highest BCUT2D eigenvalue weighted by atomic mass is 32.2. The predicted molar refractivity (Wildman–Crippen MR) is 109 cm³/mol. The first-order valence-electron chi connectivity index (χ1n) is 8.12. The van der Waals surface area contributed by atoms with Gasteiger partial charge in [0.05, 0.1) is 11.4 Å². The zero-order valence-corrected chi connectivity index (χ0v) is 16.5. The average Bonchev–Trinajstić information content (AvgIpc) is 2.68. The molecule has 0 aromatic carbocycles. The fourth-order valence-corrected chi connectivity index (χ4v) is 2.77. The molecule has 0 unspecified atom stereocenters. The lowest BCUT2D eigenvalue weighted by Crippen LogP contribution is -2.26. The van der Waals surface area contributed by atoms with E-state index in [0.29, 0.717) is 35.6 Å². The molecule has 0 aliphatic heterocycles. The first kappa shape index (κ1) is 20.3. The summed E-state index contributed by atoms with van der Waals surface area (Å²) in [6.07, 6.45) is 7.14. The zero-order valence-electron chi connectivity index (χ0n) is 14.8. The molecule has 2 aromatic rings. The Bertz CT molecular complexity index is 692. The predicted octanol–water partition coefficient (Wildman–Crippen LogP) is 2.33. The molecule has 26 heavy (non-hydrogen) atoms. The van der Waals surface area contributed by atoms with Gasteiger partial charge in [0, 0.05) is 48.1 Å². The maximum atomic E-state index is 12.2. The van der Waals surface area contributed by atoms with Crippen LogP contribution in [-0.4, -0.2) is 58.9 Å². The first-order chi connectivity index (χ1) is 12.7. The summed E-state index contributed by atoms with van der Waals surface area (Å²) < 4.78 is 0. The average molecular weight is 391 g/mol. The van der Waals surface area contributed by atoms with Gasteiger partial charge in [0.15, 0.2) is 0 Å². The summed E-state index contributed by atoms with van der Waals surface area (Å²) in [6, 6.07) is 6.70. The van der Waals surface area contributed by atoms with Crippen molar-refractivity contribution in [3.63, 3.8) is 0 Å². The van der Waals surface area contributed by atoms with Gasteiger partial charge >= 0.3 is 0 Å². The van der Waals surface area contributed by atoms with Crippen molar-refractivity contribution in [1.29, 1.82) is 0 Å². The third-order valence-corrected chi connectivity index (χ3v) is 4.71. The second-order valence-electron chi connectivity index (χ2n) is 5.36. The number of aromatic nitrogens is 2. The van der Waals surface area contributed by atoms with Gasteiger partial charge in [-0.2, -0.15) is 23.5 Å². The Morgan fingerprint density at radius 2 is 1.27 bits per heavy atom. The fourth-order valence-electron chi connectivity index (χ4n) is 2.16. The Kier molecular flexibility index (Phi) is 8.43. The number of amides is 2. The molecule has 0 spiro atoms.